The molecule has 6 aromatic carbocycles. The van der Waals surface area contributed by atoms with Crippen molar-refractivity contribution in [2.45, 2.75) is 0 Å². The molecule has 0 aliphatic heterocycles. The Morgan fingerprint density at radius 2 is 1.08 bits per heavy atom. The fourth-order valence-corrected chi connectivity index (χ4v) is 8.04. The first-order valence-electron chi connectivity index (χ1n) is 17.8. The summed E-state index contributed by atoms with van der Waals surface area (Å²) in [6, 6.07) is 55.4. The van der Waals surface area contributed by atoms with E-state index in [2.05, 4.69) is 144 Å². The summed E-state index contributed by atoms with van der Waals surface area (Å²) in [6.07, 6.45) is 5.76. The lowest BCUT2D eigenvalue weighted by Gasteiger charge is -2.13. The first-order chi connectivity index (χ1) is 26.3. The first-order valence-corrected chi connectivity index (χ1v) is 17.8. The van der Waals surface area contributed by atoms with Crippen molar-refractivity contribution in [3.63, 3.8) is 0 Å². The molecule has 246 valence electrons. The Hall–Kier alpha value is -7.24. The summed E-state index contributed by atoms with van der Waals surface area (Å²) in [5.41, 5.74) is 9.12. The molecule has 0 unspecified atom stereocenters. The van der Waals surface area contributed by atoms with Crippen LogP contribution < -0.4 is 0 Å². The number of aromatic nitrogens is 5. The molecule has 0 saturated carbocycles. The summed E-state index contributed by atoms with van der Waals surface area (Å²) < 4.78 is 2.31. The molecule has 5 nitrogen and oxygen atoms in total. The third kappa shape index (κ3) is 4.64. The highest BCUT2D eigenvalue weighted by Crippen LogP contribution is 2.43. The van der Waals surface area contributed by atoms with Gasteiger partial charge in [-0.1, -0.05) is 103 Å². The van der Waals surface area contributed by atoms with E-state index in [0.717, 1.165) is 93.8 Å². The number of pyridine rings is 4. The normalized spacial score (nSPS) is 11.8. The van der Waals surface area contributed by atoms with Crippen molar-refractivity contribution in [1.82, 2.24) is 24.5 Å². The maximum atomic E-state index is 5.13. The van der Waals surface area contributed by atoms with Crippen LogP contribution in [0, 0.1) is 0 Å². The van der Waals surface area contributed by atoms with Crippen LogP contribution in [0.4, 0.5) is 0 Å². The van der Waals surface area contributed by atoms with Gasteiger partial charge in [0.15, 0.2) is 0 Å². The van der Waals surface area contributed by atoms with Crippen molar-refractivity contribution >= 4 is 65.0 Å². The van der Waals surface area contributed by atoms with E-state index in [1.165, 1.54) is 10.8 Å². The van der Waals surface area contributed by atoms with Gasteiger partial charge >= 0.3 is 0 Å². The summed E-state index contributed by atoms with van der Waals surface area (Å²) in [4.78, 5) is 20.0. The number of benzene rings is 6. The first kappa shape index (κ1) is 29.5. The quantitative estimate of drug-likeness (QED) is 0.186. The molecular weight excluding hydrogens is 647 g/mol. The molecule has 0 aliphatic rings. The monoisotopic (exact) mass is 675 g/mol. The van der Waals surface area contributed by atoms with Crippen LogP contribution in [0.5, 0.6) is 0 Å². The number of rotatable bonds is 4. The maximum absolute atomic E-state index is 5.13. The van der Waals surface area contributed by atoms with E-state index in [0.29, 0.717) is 0 Å². The van der Waals surface area contributed by atoms with Gasteiger partial charge in [0.2, 0.25) is 0 Å². The molecule has 5 heteroatoms. The van der Waals surface area contributed by atoms with Crippen LogP contribution in [0.25, 0.3) is 105 Å². The summed E-state index contributed by atoms with van der Waals surface area (Å²) in [7, 11) is 0. The lowest BCUT2D eigenvalue weighted by molar-refractivity contribution is 1.08. The lowest BCUT2D eigenvalue weighted by Crippen LogP contribution is -1.99. The van der Waals surface area contributed by atoms with E-state index in [1.54, 1.807) is 0 Å². The van der Waals surface area contributed by atoms with Gasteiger partial charge in [0, 0.05) is 67.6 Å². The van der Waals surface area contributed by atoms with E-state index >= 15 is 0 Å². The lowest BCUT2D eigenvalue weighted by atomic mass is 9.95. The van der Waals surface area contributed by atoms with E-state index in [4.69, 9.17) is 19.9 Å². The minimum atomic E-state index is 0.840. The SMILES string of the molecule is c1ccc2nc(-c3ccc(-n4c5ccc(-c6nccc7ccccc67)cc5c5cc(-c6nccc7ccccc67)c6ccccc6c54)nc3)ccc2c1. The highest BCUT2D eigenvalue weighted by Gasteiger charge is 2.21. The molecule has 0 atom stereocenters. The molecule has 53 heavy (non-hydrogen) atoms. The molecule has 0 bridgehead atoms. The minimum absolute atomic E-state index is 0.840. The van der Waals surface area contributed by atoms with Crippen LogP contribution in [-0.2, 0) is 0 Å². The fraction of sp³-hybridized carbons (Fsp3) is 0. The van der Waals surface area contributed by atoms with Gasteiger partial charge in [-0.25, -0.2) is 9.97 Å². The van der Waals surface area contributed by atoms with Gasteiger partial charge in [0.1, 0.15) is 5.82 Å². The predicted molar refractivity (Wildman–Crippen MR) is 218 cm³/mol. The molecule has 0 saturated heterocycles. The second kappa shape index (κ2) is 11.7. The zero-order valence-corrected chi connectivity index (χ0v) is 28.5. The van der Waals surface area contributed by atoms with Crippen molar-refractivity contribution in [1.29, 1.82) is 0 Å². The van der Waals surface area contributed by atoms with Gasteiger partial charge < -0.3 is 0 Å². The Morgan fingerprint density at radius 1 is 0.415 bits per heavy atom. The molecule has 0 N–H and O–H groups in total. The zero-order chi connectivity index (χ0) is 34.9. The van der Waals surface area contributed by atoms with Crippen molar-refractivity contribution in [2.75, 3.05) is 0 Å². The molecule has 5 aromatic heterocycles. The summed E-state index contributed by atoms with van der Waals surface area (Å²) in [5.74, 6) is 0.840. The van der Waals surface area contributed by atoms with Crippen LogP contribution in [0.15, 0.2) is 176 Å². The topological polar surface area (TPSA) is 56.5 Å². The van der Waals surface area contributed by atoms with E-state index < -0.39 is 0 Å². The minimum Gasteiger partial charge on any atom is -0.293 e. The Morgan fingerprint density at radius 3 is 1.85 bits per heavy atom. The standard InChI is InChI=1S/C48H29N5/c1-4-12-35-30(9-1)23-25-49-46(35)33-18-21-44-39(27-33)41-28-40(47-36-13-5-2-10-31(36)24-26-50-47)37-14-6-7-15-38(37)48(41)53(44)45-22-19-34(29-51-45)43-20-17-32-11-3-8-16-42(32)52-43/h1-29H. The molecule has 5 heterocycles. The summed E-state index contributed by atoms with van der Waals surface area (Å²) in [5, 5.41) is 10.2. The largest absolute Gasteiger partial charge is 0.293 e. The Bertz CT molecular complexity index is 3220. The molecule has 11 aromatic rings. The van der Waals surface area contributed by atoms with Gasteiger partial charge in [-0.05, 0) is 70.8 Å². The molecule has 0 radical (unpaired) electrons. The number of hydrogen-bond acceptors (Lipinski definition) is 4. The molecule has 0 amide bonds. The fourth-order valence-electron chi connectivity index (χ4n) is 8.04. The number of hydrogen-bond donors (Lipinski definition) is 0. The van der Waals surface area contributed by atoms with Crippen LogP contribution in [0.2, 0.25) is 0 Å². The Balaban J connectivity index is 1.20. The maximum Gasteiger partial charge on any atom is 0.137 e. The van der Waals surface area contributed by atoms with Gasteiger partial charge in [-0.3, -0.25) is 14.5 Å². The smallest absolute Gasteiger partial charge is 0.137 e. The van der Waals surface area contributed by atoms with E-state index in [9.17, 15) is 0 Å². The number of fused-ring (bicyclic) bond motifs is 8. The molecule has 0 fully saturated rings. The summed E-state index contributed by atoms with van der Waals surface area (Å²) >= 11 is 0. The average Bonchev–Trinajstić information content (AvgIpc) is 3.56. The Kier molecular flexibility index (Phi) is 6.48. The highest BCUT2D eigenvalue weighted by atomic mass is 15.1. The van der Waals surface area contributed by atoms with Gasteiger partial charge in [0.05, 0.1) is 33.6 Å². The van der Waals surface area contributed by atoms with E-state index in [-0.39, 0.29) is 0 Å². The van der Waals surface area contributed by atoms with Crippen LogP contribution >= 0.6 is 0 Å². The van der Waals surface area contributed by atoms with Crippen molar-refractivity contribution in [3.05, 3.63) is 176 Å². The summed E-state index contributed by atoms with van der Waals surface area (Å²) in [6.45, 7) is 0. The second-order valence-corrected chi connectivity index (χ2v) is 13.5. The van der Waals surface area contributed by atoms with Crippen molar-refractivity contribution < 1.29 is 0 Å². The molecule has 11 rings (SSSR count). The number of nitrogens with zero attached hydrogens (tertiary/aromatic N) is 5. The van der Waals surface area contributed by atoms with Crippen LogP contribution in [0.1, 0.15) is 0 Å². The third-order valence-corrected chi connectivity index (χ3v) is 10.5. The van der Waals surface area contributed by atoms with Gasteiger partial charge in [-0.2, -0.15) is 0 Å². The van der Waals surface area contributed by atoms with E-state index in [1.807, 2.05) is 36.8 Å². The molecule has 0 spiro atoms. The van der Waals surface area contributed by atoms with Crippen LogP contribution in [-0.4, -0.2) is 24.5 Å². The zero-order valence-electron chi connectivity index (χ0n) is 28.5. The second-order valence-electron chi connectivity index (χ2n) is 13.5. The van der Waals surface area contributed by atoms with Crippen molar-refractivity contribution in [2.24, 2.45) is 0 Å². The highest BCUT2D eigenvalue weighted by molar-refractivity contribution is 6.23. The van der Waals surface area contributed by atoms with Crippen LogP contribution in [0.3, 0.4) is 0 Å². The number of para-hydroxylation sites is 1. The van der Waals surface area contributed by atoms with Crippen molar-refractivity contribution in [3.8, 4) is 39.6 Å². The molecule has 0 aliphatic carbocycles. The van der Waals surface area contributed by atoms with Gasteiger partial charge in [-0.15, -0.1) is 0 Å². The Labute approximate surface area is 304 Å². The third-order valence-electron chi connectivity index (χ3n) is 10.5. The van der Waals surface area contributed by atoms with Gasteiger partial charge in [0.25, 0.3) is 0 Å². The average molecular weight is 676 g/mol. The molecular formula is C48H29N5. The predicted octanol–water partition coefficient (Wildman–Crippen LogP) is 12.0.